The third kappa shape index (κ3) is 2.79. The van der Waals surface area contributed by atoms with Gasteiger partial charge in [-0.1, -0.05) is 0 Å². The number of aromatic nitrogens is 3. The molecule has 104 valence electrons. The predicted octanol–water partition coefficient (Wildman–Crippen LogP) is 1.83. The summed E-state index contributed by atoms with van der Waals surface area (Å²) in [5.74, 6) is -2.47. The monoisotopic (exact) mass is 344 g/mol. The van der Waals surface area contributed by atoms with E-state index in [1.807, 2.05) is 0 Å². The molecule has 1 aromatic carbocycles. The summed E-state index contributed by atoms with van der Waals surface area (Å²) < 4.78 is 14.7. The number of halogens is 2. The van der Waals surface area contributed by atoms with Crippen molar-refractivity contribution in [2.45, 2.75) is 6.54 Å². The summed E-state index contributed by atoms with van der Waals surface area (Å²) >= 11 is 2.96. The molecule has 0 radical (unpaired) electrons. The zero-order valence-electron chi connectivity index (χ0n) is 9.66. The molecule has 0 saturated carbocycles. The van der Waals surface area contributed by atoms with Crippen molar-refractivity contribution in [2.75, 3.05) is 0 Å². The Kier molecular flexibility index (Phi) is 3.74. The minimum Gasteiger partial charge on any atom is -0.478 e. The largest absolute Gasteiger partial charge is 0.492 e. The third-order valence-electron chi connectivity index (χ3n) is 2.39. The standard InChI is InChI=1S/C10H6BrFN4O4/c11-9-13-10(16(19)20)14-15(9)4-6-3-5(8(17)18)1-2-7(6)12/h1-3H,4H2,(H,17,18). The molecular weight excluding hydrogens is 339 g/mol. The molecule has 0 atom stereocenters. The highest BCUT2D eigenvalue weighted by atomic mass is 79.9. The number of nitro groups is 1. The maximum atomic E-state index is 13.6. The fourth-order valence-corrected chi connectivity index (χ4v) is 1.84. The lowest BCUT2D eigenvalue weighted by molar-refractivity contribution is -0.394. The maximum absolute atomic E-state index is 13.6. The number of carboxylic acids is 1. The first kappa shape index (κ1) is 14.1. The number of hydrogen-bond acceptors (Lipinski definition) is 5. The van der Waals surface area contributed by atoms with Crippen molar-refractivity contribution in [3.63, 3.8) is 0 Å². The second-order valence-corrected chi connectivity index (χ2v) is 4.42. The minimum absolute atomic E-state index is 0.0328. The van der Waals surface area contributed by atoms with Crippen LogP contribution in [0.2, 0.25) is 0 Å². The quantitative estimate of drug-likeness (QED) is 0.668. The molecule has 0 aliphatic heterocycles. The van der Waals surface area contributed by atoms with Crippen LogP contribution in [0.1, 0.15) is 15.9 Å². The van der Waals surface area contributed by atoms with Crippen molar-refractivity contribution in [1.29, 1.82) is 0 Å². The van der Waals surface area contributed by atoms with Crippen molar-refractivity contribution < 1.29 is 19.2 Å². The molecule has 2 rings (SSSR count). The number of rotatable bonds is 4. The minimum atomic E-state index is -1.20. The molecule has 0 fully saturated rings. The van der Waals surface area contributed by atoms with E-state index in [2.05, 4.69) is 26.0 Å². The van der Waals surface area contributed by atoms with Crippen LogP contribution < -0.4 is 0 Å². The van der Waals surface area contributed by atoms with E-state index >= 15 is 0 Å². The fraction of sp³-hybridized carbons (Fsp3) is 0.100. The number of carboxylic acid groups (broad SMARTS) is 1. The van der Waals surface area contributed by atoms with Gasteiger partial charge in [-0.05, 0) is 28.1 Å². The first-order valence-electron chi connectivity index (χ1n) is 5.15. The van der Waals surface area contributed by atoms with Gasteiger partial charge in [-0.3, -0.25) is 0 Å². The van der Waals surface area contributed by atoms with E-state index in [0.29, 0.717) is 0 Å². The van der Waals surface area contributed by atoms with Crippen molar-refractivity contribution >= 4 is 27.8 Å². The Bertz CT molecular complexity index is 703. The average Bonchev–Trinajstić information content (AvgIpc) is 2.73. The molecule has 2 aromatic rings. The number of carbonyl (C=O) groups is 1. The molecule has 0 aliphatic carbocycles. The highest BCUT2D eigenvalue weighted by Gasteiger charge is 2.20. The Labute approximate surface area is 119 Å². The predicted molar refractivity (Wildman–Crippen MR) is 66.8 cm³/mol. The topological polar surface area (TPSA) is 111 Å². The molecule has 0 amide bonds. The van der Waals surface area contributed by atoms with E-state index in [1.54, 1.807) is 0 Å². The zero-order chi connectivity index (χ0) is 14.9. The zero-order valence-corrected chi connectivity index (χ0v) is 11.2. The van der Waals surface area contributed by atoms with Gasteiger partial charge in [0.1, 0.15) is 5.82 Å². The van der Waals surface area contributed by atoms with E-state index in [0.717, 1.165) is 22.9 Å². The molecule has 10 heteroatoms. The van der Waals surface area contributed by atoms with Crippen LogP contribution in [0.15, 0.2) is 22.9 Å². The summed E-state index contributed by atoms with van der Waals surface area (Å²) in [6.07, 6.45) is 0. The number of aromatic carboxylic acids is 1. The van der Waals surface area contributed by atoms with Crippen LogP contribution in [0.3, 0.4) is 0 Å². The van der Waals surface area contributed by atoms with Crippen molar-refractivity contribution in [3.05, 3.63) is 50.0 Å². The summed E-state index contributed by atoms with van der Waals surface area (Å²) in [5, 5.41) is 22.9. The molecular formula is C10H6BrFN4O4. The molecule has 8 nitrogen and oxygen atoms in total. The summed E-state index contributed by atoms with van der Waals surface area (Å²) in [6, 6.07) is 3.27. The van der Waals surface area contributed by atoms with Crippen LogP contribution >= 0.6 is 15.9 Å². The third-order valence-corrected chi connectivity index (χ3v) is 2.98. The summed E-state index contributed by atoms with van der Waals surface area (Å²) in [7, 11) is 0. The molecule has 0 unspecified atom stereocenters. The Morgan fingerprint density at radius 3 is 2.80 bits per heavy atom. The second kappa shape index (κ2) is 5.33. The molecule has 1 heterocycles. The first-order chi connectivity index (χ1) is 9.38. The molecule has 1 aromatic heterocycles. The normalized spacial score (nSPS) is 10.5. The van der Waals surface area contributed by atoms with Gasteiger partial charge in [0.15, 0.2) is 0 Å². The van der Waals surface area contributed by atoms with Gasteiger partial charge >= 0.3 is 11.9 Å². The number of benzene rings is 1. The van der Waals surface area contributed by atoms with E-state index < -0.39 is 22.7 Å². The van der Waals surface area contributed by atoms with Crippen LogP contribution in [0.25, 0.3) is 0 Å². The molecule has 0 aliphatic rings. The van der Waals surface area contributed by atoms with E-state index in [1.165, 1.54) is 0 Å². The first-order valence-corrected chi connectivity index (χ1v) is 5.94. The van der Waals surface area contributed by atoms with Crippen molar-refractivity contribution in [1.82, 2.24) is 14.8 Å². The van der Waals surface area contributed by atoms with Gasteiger partial charge < -0.3 is 15.2 Å². The van der Waals surface area contributed by atoms with Crippen LogP contribution in [-0.2, 0) is 6.54 Å². The van der Waals surface area contributed by atoms with Crippen LogP contribution in [-0.4, -0.2) is 30.8 Å². The van der Waals surface area contributed by atoms with Crippen LogP contribution in [0.5, 0.6) is 0 Å². The molecule has 0 bridgehead atoms. The smallest absolute Gasteiger partial charge is 0.478 e. The maximum Gasteiger partial charge on any atom is 0.492 e. The Morgan fingerprint density at radius 2 is 2.25 bits per heavy atom. The van der Waals surface area contributed by atoms with Gasteiger partial charge in [-0.2, -0.15) is 4.68 Å². The number of hydrogen-bond donors (Lipinski definition) is 1. The summed E-state index contributed by atoms with van der Waals surface area (Å²) in [5.41, 5.74) is -0.0578. The van der Waals surface area contributed by atoms with Crippen molar-refractivity contribution in [2.24, 2.45) is 0 Å². The Hall–Kier alpha value is -2.36. The van der Waals surface area contributed by atoms with E-state index in [-0.39, 0.29) is 22.4 Å². The van der Waals surface area contributed by atoms with Crippen LogP contribution in [0, 0.1) is 15.9 Å². The summed E-state index contributed by atoms with van der Waals surface area (Å²) in [4.78, 5) is 24.1. The van der Waals surface area contributed by atoms with Crippen LogP contribution in [0.4, 0.5) is 10.3 Å². The molecule has 0 saturated heterocycles. The van der Waals surface area contributed by atoms with Gasteiger partial charge in [0.05, 0.1) is 12.1 Å². The molecule has 20 heavy (non-hydrogen) atoms. The second-order valence-electron chi connectivity index (χ2n) is 3.71. The van der Waals surface area contributed by atoms with E-state index in [4.69, 9.17) is 5.11 Å². The lowest BCUT2D eigenvalue weighted by Gasteiger charge is -2.03. The van der Waals surface area contributed by atoms with Gasteiger partial charge in [0, 0.05) is 26.6 Å². The van der Waals surface area contributed by atoms with Gasteiger partial charge in [0.25, 0.3) is 4.73 Å². The molecule has 1 N–H and O–H groups in total. The highest BCUT2D eigenvalue weighted by molar-refractivity contribution is 9.10. The molecule has 0 spiro atoms. The Morgan fingerprint density at radius 1 is 1.55 bits per heavy atom. The lowest BCUT2D eigenvalue weighted by atomic mass is 10.1. The lowest BCUT2D eigenvalue weighted by Crippen LogP contribution is -2.07. The van der Waals surface area contributed by atoms with Crippen molar-refractivity contribution in [3.8, 4) is 0 Å². The van der Waals surface area contributed by atoms with Gasteiger partial charge in [-0.15, -0.1) is 0 Å². The number of nitrogens with zero attached hydrogens (tertiary/aromatic N) is 4. The van der Waals surface area contributed by atoms with E-state index in [9.17, 15) is 19.3 Å². The Balaban J connectivity index is 2.36. The fourth-order valence-electron chi connectivity index (χ4n) is 1.48. The van der Waals surface area contributed by atoms with Gasteiger partial charge in [0.2, 0.25) is 0 Å². The highest BCUT2D eigenvalue weighted by Crippen LogP contribution is 2.17. The SMILES string of the molecule is O=C(O)c1ccc(F)c(Cn2nc([N+](=O)[O-])nc2Br)c1. The van der Waals surface area contributed by atoms with Gasteiger partial charge in [-0.25, -0.2) is 9.18 Å². The summed E-state index contributed by atoms with van der Waals surface area (Å²) in [6.45, 7) is -0.186. The average molecular weight is 345 g/mol.